The van der Waals surface area contributed by atoms with Crippen LogP contribution < -0.4 is 9.47 Å². The molecule has 0 unspecified atom stereocenters. The van der Waals surface area contributed by atoms with Crippen LogP contribution in [-0.2, 0) is 0 Å². The van der Waals surface area contributed by atoms with Crippen molar-refractivity contribution in [3.63, 3.8) is 0 Å². The average molecular weight is 265 g/mol. The zero-order chi connectivity index (χ0) is 14.3. The van der Waals surface area contributed by atoms with Crippen LogP contribution >= 0.6 is 0 Å². The summed E-state index contributed by atoms with van der Waals surface area (Å²) in [5, 5.41) is 9.02. The van der Waals surface area contributed by atoms with Gasteiger partial charge in [0.05, 0.1) is 20.8 Å². The van der Waals surface area contributed by atoms with E-state index in [0.717, 1.165) is 0 Å². The van der Waals surface area contributed by atoms with Crippen LogP contribution in [0.5, 0.6) is 11.5 Å². The molecule has 0 aliphatic heterocycles. The van der Waals surface area contributed by atoms with E-state index in [0.29, 0.717) is 23.6 Å². The third kappa shape index (κ3) is 3.48. The Labute approximate surface area is 113 Å². The van der Waals surface area contributed by atoms with Crippen molar-refractivity contribution in [1.29, 1.82) is 0 Å². The van der Waals surface area contributed by atoms with Gasteiger partial charge in [0, 0.05) is 13.1 Å². The lowest BCUT2D eigenvalue weighted by molar-refractivity contribution is 0.0736. The number of hydrogen-bond donors (Lipinski definition) is 1. The van der Waals surface area contributed by atoms with Crippen LogP contribution in [0.1, 0.15) is 10.4 Å². The van der Waals surface area contributed by atoms with E-state index in [1.807, 2.05) is 0 Å². The van der Waals surface area contributed by atoms with Crippen molar-refractivity contribution in [2.45, 2.75) is 0 Å². The molecule has 1 N–H and O–H groups in total. The summed E-state index contributed by atoms with van der Waals surface area (Å²) in [6.07, 6.45) is 1.61. The highest BCUT2D eigenvalue weighted by atomic mass is 16.5. The molecule has 1 aromatic carbocycles. The Bertz CT molecular complexity index is 423. The number of hydrogen-bond acceptors (Lipinski definition) is 4. The van der Waals surface area contributed by atoms with E-state index in [1.165, 1.54) is 19.1 Å². The average Bonchev–Trinajstić information content (AvgIpc) is 2.45. The van der Waals surface area contributed by atoms with Crippen molar-refractivity contribution >= 4 is 5.91 Å². The Morgan fingerprint density at radius 3 is 2.37 bits per heavy atom. The van der Waals surface area contributed by atoms with Crippen molar-refractivity contribution in [3.05, 3.63) is 36.4 Å². The molecule has 19 heavy (non-hydrogen) atoms. The van der Waals surface area contributed by atoms with Gasteiger partial charge in [0.25, 0.3) is 5.91 Å². The Hall–Kier alpha value is -2.01. The summed E-state index contributed by atoms with van der Waals surface area (Å²) in [4.78, 5) is 14.0. The minimum atomic E-state index is -0.261. The van der Waals surface area contributed by atoms with Crippen LogP contribution in [0.3, 0.4) is 0 Å². The molecule has 1 amide bonds. The SMILES string of the molecule is C=CCN(CCO)C(=O)c1c(OC)cccc1OC. The maximum absolute atomic E-state index is 12.5. The predicted molar refractivity (Wildman–Crippen MR) is 72.7 cm³/mol. The van der Waals surface area contributed by atoms with Gasteiger partial charge in [0.1, 0.15) is 17.1 Å². The van der Waals surface area contributed by atoms with E-state index in [-0.39, 0.29) is 19.1 Å². The summed E-state index contributed by atoms with van der Waals surface area (Å²) in [5.74, 6) is 0.621. The zero-order valence-corrected chi connectivity index (χ0v) is 11.3. The Morgan fingerprint density at radius 1 is 1.37 bits per heavy atom. The van der Waals surface area contributed by atoms with Crippen LogP contribution in [0.15, 0.2) is 30.9 Å². The molecule has 0 saturated heterocycles. The predicted octanol–water partition coefficient (Wildman–Crippen LogP) is 1.32. The smallest absolute Gasteiger partial charge is 0.261 e. The lowest BCUT2D eigenvalue weighted by Crippen LogP contribution is -2.34. The molecule has 0 aliphatic rings. The molecule has 0 radical (unpaired) electrons. The normalized spacial score (nSPS) is 9.84. The molecule has 0 atom stereocenters. The van der Waals surface area contributed by atoms with Crippen LogP contribution in [0, 0.1) is 0 Å². The first-order valence-corrected chi connectivity index (χ1v) is 5.91. The quantitative estimate of drug-likeness (QED) is 0.755. The van der Waals surface area contributed by atoms with Crippen molar-refractivity contribution in [3.8, 4) is 11.5 Å². The van der Waals surface area contributed by atoms with Gasteiger partial charge in [-0.15, -0.1) is 6.58 Å². The number of carbonyl (C=O) groups excluding carboxylic acids is 1. The fourth-order valence-electron chi connectivity index (χ4n) is 1.77. The highest BCUT2D eigenvalue weighted by molar-refractivity contribution is 5.99. The van der Waals surface area contributed by atoms with Gasteiger partial charge in [-0.25, -0.2) is 0 Å². The number of methoxy groups -OCH3 is 2. The van der Waals surface area contributed by atoms with Gasteiger partial charge in [0.2, 0.25) is 0 Å². The van der Waals surface area contributed by atoms with E-state index >= 15 is 0 Å². The number of aliphatic hydroxyl groups is 1. The minimum absolute atomic E-state index is 0.114. The maximum Gasteiger partial charge on any atom is 0.261 e. The van der Waals surface area contributed by atoms with E-state index in [1.54, 1.807) is 24.3 Å². The molecule has 0 heterocycles. The third-order valence-electron chi connectivity index (χ3n) is 2.65. The molecule has 0 fully saturated rings. The summed E-state index contributed by atoms with van der Waals surface area (Å²) in [5.41, 5.74) is 0.350. The molecular formula is C14H19NO4. The number of amides is 1. The zero-order valence-electron chi connectivity index (χ0n) is 11.3. The lowest BCUT2D eigenvalue weighted by Gasteiger charge is -2.22. The summed E-state index contributed by atoms with van der Waals surface area (Å²) in [6.45, 7) is 4.07. The number of carbonyl (C=O) groups is 1. The van der Waals surface area contributed by atoms with Gasteiger partial charge in [-0.2, -0.15) is 0 Å². The largest absolute Gasteiger partial charge is 0.496 e. The molecular weight excluding hydrogens is 246 g/mol. The van der Waals surface area contributed by atoms with Crippen LogP contribution in [0.2, 0.25) is 0 Å². The van der Waals surface area contributed by atoms with Gasteiger partial charge in [0.15, 0.2) is 0 Å². The van der Waals surface area contributed by atoms with E-state index in [2.05, 4.69) is 6.58 Å². The minimum Gasteiger partial charge on any atom is -0.496 e. The summed E-state index contributed by atoms with van der Waals surface area (Å²) >= 11 is 0. The van der Waals surface area contributed by atoms with E-state index in [4.69, 9.17) is 14.6 Å². The van der Waals surface area contributed by atoms with Gasteiger partial charge < -0.3 is 19.5 Å². The summed E-state index contributed by atoms with van der Waals surface area (Å²) < 4.78 is 10.4. The van der Waals surface area contributed by atoms with Crippen LogP contribution in [-0.4, -0.2) is 49.8 Å². The standard InChI is InChI=1S/C14H19NO4/c1-4-8-15(9-10-16)14(17)13-11(18-2)6-5-7-12(13)19-3/h4-7,16H,1,8-10H2,2-3H3. The molecule has 5 nitrogen and oxygen atoms in total. The number of rotatable bonds is 7. The second-order valence-corrected chi connectivity index (χ2v) is 3.80. The molecule has 0 spiro atoms. The molecule has 0 saturated carbocycles. The Morgan fingerprint density at radius 2 is 1.95 bits per heavy atom. The number of benzene rings is 1. The first kappa shape index (κ1) is 15.0. The maximum atomic E-state index is 12.5. The number of nitrogens with zero attached hydrogens (tertiary/aromatic N) is 1. The molecule has 104 valence electrons. The second kappa shape index (κ2) is 7.43. The summed E-state index contributed by atoms with van der Waals surface area (Å²) in [6, 6.07) is 5.14. The van der Waals surface area contributed by atoms with Crippen LogP contribution in [0.25, 0.3) is 0 Å². The van der Waals surface area contributed by atoms with Crippen LogP contribution in [0.4, 0.5) is 0 Å². The highest BCUT2D eigenvalue weighted by Crippen LogP contribution is 2.29. The first-order valence-electron chi connectivity index (χ1n) is 5.91. The van der Waals surface area contributed by atoms with Gasteiger partial charge in [-0.3, -0.25) is 4.79 Å². The topological polar surface area (TPSA) is 59.0 Å². The lowest BCUT2D eigenvalue weighted by atomic mass is 10.1. The summed E-state index contributed by atoms with van der Waals surface area (Å²) in [7, 11) is 2.99. The van der Waals surface area contributed by atoms with Crippen molar-refractivity contribution in [2.75, 3.05) is 33.9 Å². The molecule has 0 aromatic heterocycles. The fourth-order valence-corrected chi connectivity index (χ4v) is 1.77. The number of aliphatic hydroxyl groups excluding tert-OH is 1. The Kier molecular flexibility index (Phi) is 5.89. The second-order valence-electron chi connectivity index (χ2n) is 3.80. The van der Waals surface area contributed by atoms with Crippen molar-refractivity contribution < 1.29 is 19.4 Å². The van der Waals surface area contributed by atoms with Crippen molar-refractivity contribution in [1.82, 2.24) is 4.90 Å². The molecule has 1 rings (SSSR count). The monoisotopic (exact) mass is 265 g/mol. The molecule has 0 aliphatic carbocycles. The third-order valence-corrected chi connectivity index (χ3v) is 2.65. The Balaban J connectivity index is 3.18. The van der Waals surface area contributed by atoms with E-state index < -0.39 is 0 Å². The van der Waals surface area contributed by atoms with Gasteiger partial charge in [-0.1, -0.05) is 12.1 Å². The molecule has 5 heteroatoms. The molecule has 0 bridgehead atoms. The number of ether oxygens (including phenoxy) is 2. The van der Waals surface area contributed by atoms with Gasteiger partial charge >= 0.3 is 0 Å². The first-order chi connectivity index (χ1) is 9.19. The van der Waals surface area contributed by atoms with E-state index in [9.17, 15) is 4.79 Å². The molecule has 1 aromatic rings. The fraction of sp³-hybridized carbons (Fsp3) is 0.357. The van der Waals surface area contributed by atoms with Gasteiger partial charge in [-0.05, 0) is 12.1 Å². The highest BCUT2D eigenvalue weighted by Gasteiger charge is 2.22. The van der Waals surface area contributed by atoms with Crippen molar-refractivity contribution in [2.24, 2.45) is 0 Å².